The molecule has 2 fully saturated rings. The highest BCUT2D eigenvalue weighted by atomic mass is 16.2. The molecule has 0 spiro atoms. The van der Waals surface area contributed by atoms with Crippen molar-refractivity contribution in [3.05, 3.63) is 0 Å². The van der Waals surface area contributed by atoms with E-state index in [2.05, 4.69) is 5.32 Å². The number of piperidine rings is 1. The van der Waals surface area contributed by atoms with Gasteiger partial charge in [0.1, 0.15) is 0 Å². The van der Waals surface area contributed by atoms with E-state index in [1.165, 1.54) is 0 Å². The van der Waals surface area contributed by atoms with E-state index in [1.54, 1.807) is 6.92 Å². The van der Waals surface area contributed by atoms with Crippen molar-refractivity contribution < 1.29 is 4.79 Å². The van der Waals surface area contributed by atoms with Crippen molar-refractivity contribution in [1.29, 1.82) is 0 Å². The summed E-state index contributed by atoms with van der Waals surface area (Å²) in [6.45, 7) is 5.75. The lowest BCUT2D eigenvalue weighted by Gasteiger charge is -2.35. The molecule has 80 valence electrons. The number of hydrogen-bond acceptors (Lipinski definition) is 3. The molecule has 0 bridgehead atoms. The van der Waals surface area contributed by atoms with E-state index in [-0.39, 0.29) is 11.9 Å². The molecule has 0 saturated carbocycles. The monoisotopic (exact) mass is 197 g/mol. The number of fused-ring (bicyclic) bond motifs is 1. The van der Waals surface area contributed by atoms with Crippen molar-refractivity contribution >= 4 is 5.91 Å². The number of carbonyl (C=O) groups excluding carboxylic acids is 1. The molecule has 2 aliphatic heterocycles. The van der Waals surface area contributed by atoms with Gasteiger partial charge in [0.15, 0.2) is 0 Å². The fourth-order valence-electron chi connectivity index (χ4n) is 2.52. The largest absolute Gasteiger partial charge is 0.341 e. The van der Waals surface area contributed by atoms with Crippen molar-refractivity contribution in [3.8, 4) is 0 Å². The maximum Gasteiger partial charge on any atom is 0.239 e. The lowest BCUT2D eigenvalue weighted by Crippen LogP contribution is -2.48. The summed E-state index contributed by atoms with van der Waals surface area (Å²) >= 11 is 0. The highest BCUT2D eigenvalue weighted by molar-refractivity contribution is 5.81. The second-order valence-corrected chi connectivity index (χ2v) is 4.54. The van der Waals surface area contributed by atoms with Gasteiger partial charge in [-0.1, -0.05) is 0 Å². The molecule has 4 heteroatoms. The molecule has 14 heavy (non-hydrogen) atoms. The molecule has 3 unspecified atom stereocenters. The van der Waals surface area contributed by atoms with Crippen LogP contribution < -0.4 is 11.1 Å². The predicted molar refractivity (Wildman–Crippen MR) is 54.7 cm³/mol. The van der Waals surface area contributed by atoms with Gasteiger partial charge in [0.2, 0.25) is 5.91 Å². The Bertz CT molecular complexity index is 229. The molecule has 0 aromatic heterocycles. The van der Waals surface area contributed by atoms with Crippen LogP contribution >= 0.6 is 0 Å². The van der Waals surface area contributed by atoms with Gasteiger partial charge in [-0.05, 0) is 38.3 Å². The minimum absolute atomic E-state index is 0.107. The number of amides is 1. The first-order valence-corrected chi connectivity index (χ1v) is 5.43. The lowest BCUT2D eigenvalue weighted by atomic mass is 9.88. The fraction of sp³-hybridized carbons (Fsp3) is 0.900. The summed E-state index contributed by atoms with van der Waals surface area (Å²) in [7, 11) is 0. The SMILES string of the molecule is CC(N)C(=O)N1CCC2CNCC2C1. The van der Waals surface area contributed by atoms with Crippen molar-refractivity contribution in [3.63, 3.8) is 0 Å². The molecular weight excluding hydrogens is 178 g/mol. The van der Waals surface area contributed by atoms with Crippen molar-refractivity contribution in [2.24, 2.45) is 17.6 Å². The Balaban J connectivity index is 1.94. The molecule has 3 N–H and O–H groups in total. The maximum atomic E-state index is 11.7. The van der Waals surface area contributed by atoms with Crippen LogP contribution in [0.4, 0.5) is 0 Å². The van der Waals surface area contributed by atoms with Crippen LogP contribution in [0.3, 0.4) is 0 Å². The molecule has 2 aliphatic rings. The zero-order valence-corrected chi connectivity index (χ0v) is 8.70. The van der Waals surface area contributed by atoms with E-state index in [1.807, 2.05) is 4.90 Å². The van der Waals surface area contributed by atoms with Crippen LogP contribution in [0.15, 0.2) is 0 Å². The average molecular weight is 197 g/mol. The molecule has 2 rings (SSSR count). The van der Waals surface area contributed by atoms with Gasteiger partial charge in [0.05, 0.1) is 6.04 Å². The Morgan fingerprint density at radius 1 is 1.50 bits per heavy atom. The number of carbonyl (C=O) groups is 1. The Labute approximate surface area is 84.8 Å². The predicted octanol–water partition coefficient (Wildman–Crippen LogP) is -0.598. The third kappa shape index (κ3) is 1.77. The summed E-state index contributed by atoms with van der Waals surface area (Å²) in [6, 6.07) is -0.346. The Morgan fingerprint density at radius 3 is 2.93 bits per heavy atom. The standard InChI is InChI=1S/C10H19N3O/c1-7(11)10(14)13-3-2-8-4-12-5-9(8)6-13/h7-9,12H,2-6,11H2,1H3. The van der Waals surface area contributed by atoms with Gasteiger partial charge in [0, 0.05) is 13.1 Å². The third-order valence-electron chi connectivity index (χ3n) is 3.41. The van der Waals surface area contributed by atoms with E-state index < -0.39 is 0 Å². The van der Waals surface area contributed by atoms with Gasteiger partial charge in [-0.15, -0.1) is 0 Å². The highest BCUT2D eigenvalue weighted by Crippen LogP contribution is 2.26. The number of hydrogen-bond donors (Lipinski definition) is 2. The van der Waals surface area contributed by atoms with Gasteiger partial charge < -0.3 is 16.0 Å². The summed E-state index contributed by atoms with van der Waals surface area (Å²) in [4.78, 5) is 13.6. The zero-order chi connectivity index (χ0) is 10.1. The number of nitrogens with one attached hydrogen (secondary N) is 1. The fourth-order valence-corrected chi connectivity index (χ4v) is 2.52. The average Bonchev–Trinajstić information content (AvgIpc) is 2.62. The van der Waals surface area contributed by atoms with Gasteiger partial charge in [-0.3, -0.25) is 4.79 Å². The quantitative estimate of drug-likeness (QED) is 0.590. The molecule has 2 saturated heterocycles. The second kappa shape index (κ2) is 3.87. The molecule has 0 radical (unpaired) electrons. The normalized spacial score (nSPS) is 34.0. The molecule has 3 atom stereocenters. The van der Waals surface area contributed by atoms with Gasteiger partial charge in [-0.2, -0.15) is 0 Å². The Hall–Kier alpha value is -0.610. The molecule has 2 heterocycles. The summed E-state index contributed by atoms with van der Waals surface area (Å²) in [5.74, 6) is 1.55. The first-order chi connectivity index (χ1) is 6.68. The summed E-state index contributed by atoms with van der Waals surface area (Å²) in [5.41, 5.74) is 5.60. The molecular formula is C10H19N3O. The third-order valence-corrected chi connectivity index (χ3v) is 3.41. The summed E-state index contributed by atoms with van der Waals surface area (Å²) < 4.78 is 0. The number of rotatable bonds is 1. The van der Waals surface area contributed by atoms with E-state index >= 15 is 0 Å². The van der Waals surface area contributed by atoms with Crippen LogP contribution in [-0.2, 0) is 4.79 Å². The van der Waals surface area contributed by atoms with E-state index in [0.717, 1.165) is 38.5 Å². The Morgan fingerprint density at radius 2 is 2.21 bits per heavy atom. The van der Waals surface area contributed by atoms with E-state index in [4.69, 9.17) is 5.73 Å². The first kappa shape index (κ1) is 9.93. The highest BCUT2D eigenvalue weighted by Gasteiger charge is 2.34. The number of likely N-dealkylation sites (tertiary alicyclic amines) is 1. The zero-order valence-electron chi connectivity index (χ0n) is 8.70. The van der Waals surface area contributed by atoms with Crippen LogP contribution in [0, 0.1) is 11.8 Å². The summed E-state index contributed by atoms with van der Waals surface area (Å²) in [5, 5.41) is 3.38. The first-order valence-electron chi connectivity index (χ1n) is 5.43. The second-order valence-electron chi connectivity index (χ2n) is 4.54. The topological polar surface area (TPSA) is 58.4 Å². The lowest BCUT2D eigenvalue weighted by molar-refractivity contribution is -0.134. The molecule has 4 nitrogen and oxygen atoms in total. The van der Waals surface area contributed by atoms with Crippen LogP contribution in [0.25, 0.3) is 0 Å². The number of nitrogens with two attached hydrogens (primary N) is 1. The van der Waals surface area contributed by atoms with Gasteiger partial charge >= 0.3 is 0 Å². The Kier molecular flexibility index (Phi) is 2.74. The van der Waals surface area contributed by atoms with Crippen LogP contribution in [0.1, 0.15) is 13.3 Å². The van der Waals surface area contributed by atoms with Crippen molar-refractivity contribution in [2.75, 3.05) is 26.2 Å². The van der Waals surface area contributed by atoms with E-state index in [9.17, 15) is 4.79 Å². The van der Waals surface area contributed by atoms with Gasteiger partial charge in [0.25, 0.3) is 0 Å². The van der Waals surface area contributed by atoms with Crippen LogP contribution in [0.5, 0.6) is 0 Å². The smallest absolute Gasteiger partial charge is 0.239 e. The van der Waals surface area contributed by atoms with Crippen molar-refractivity contribution in [1.82, 2.24) is 10.2 Å². The molecule has 0 aliphatic carbocycles. The van der Waals surface area contributed by atoms with Gasteiger partial charge in [-0.25, -0.2) is 0 Å². The van der Waals surface area contributed by atoms with Crippen molar-refractivity contribution in [2.45, 2.75) is 19.4 Å². The molecule has 0 aromatic rings. The summed E-state index contributed by atoms with van der Waals surface area (Å²) in [6.07, 6.45) is 1.14. The van der Waals surface area contributed by atoms with E-state index in [0.29, 0.717) is 5.92 Å². The molecule has 0 aromatic carbocycles. The maximum absolute atomic E-state index is 11.7. The molecule has 1 amide bonds. The minimum atomic E-state index is -0.346. The number of nitrogens with zero attached hydrogens (tertiary/aromatic N) is 1. The minimum Gasteiger partial charge on any atom is -0.341 e. The van der Waals surface area contributed by atoms with Crippen LogP contribution in [0.2, 0.25) is 0 Å². The van der Waals surface area contributed by atoms with Crippen LogP contribution in [-0.4, -0.2) is 43.0 Å².